The van der Waals surface area contributed by atoms with Crippen LogP contribution in [-0.4, -0.2) is 64.9 Å². The monoisotopic (exact) mass is 333 g/mol. The van der Waals surface area contributed by atoms with Crippen molar-refractivity contribution < 1.29 is 4.79 Å². The molecule has 0 saturated carbocycles. The molecule has 2 aliphatic rings. The molecule has 0 aromatic carbocycles. The molecule has 2 aliphatic heterocycles. The number of H-pyrrole nitrogens is 1. The highest BCUT2D eigenvalue weighted by Crippen LogP contribution is 2.17. The van der Waals surface area contributed by atoms with Gasteiger partial charge in [0.05, 0.1) is 13.1 Å². The molecule has 0 radical (unpaired) electrons. The second-order valence-corrected chi connectivity index (χ2v) is 7.25. The zero-order valence-electron chi connectivity index (χ0n) is 14.7. The Morgan fingerprint density at radius 3 is 2.54 bits per heavy atom. The van der Waals surface area contributed by atoms with Gasteiger partial charge in [0.25, 0.3) is 0 Å². The Morgan fingerprint density at radius 1 is 1.12 bits per heavy atom. The van der Waals surface area contributed by atoms with Gasteiger partial charge in [-0.25, -0.2) is 4.98 Å². The molecule has 24 heavy (non-hydrogen) atoms. The SMILES string of the molecule is O=C(CN1CCCCCC1)NCC1CCN(Cc2ncc[nH]2)CC1. The Balaban J connectivity index is 1.30. The minimum absolute atomic E-state index is 0.204. The molecular formula is C18H31N5O. The molecule has 6 heteroatoms. The van der Waals surface area contributed by atoms with Crippen LogP contribution in [0.25, 0.3) is 0 Å². The molecule has 1 aromatic rings. The number of amides is 1. The molecule has 1 aromatic heterocycles. The predicted molar refractivity (Wildman–Crippen MR) is 94.5 cm³/mol. The number of hydrogen-bond donors (Lipinski definition) is 2. The standard InChI is InChI=1S/C18H31N5O/c24-18(15-22-9-3-1-2-4-10-22)21-13-16-5-11-23(12-6-16)14-17-19-7-8-20-17/h7-8,16H,1-6,9-15H2,(H,19,20)(H,21,24). The Kier molecular flexibility index (Phi) is 6.66. The molecule has 0 atom stereocenters. The van der Waals surface area contributed by atoms with E-state index in [0.29, 0.717) is 12.5 Å². The predicted octanol–water partition coefficient (Wildman–Crippen LogP) is 1.61. The number of aromatic nitrogens is 2. The van der Waals surface area contributed by atoms with Crippen LogP contribution < -0.4 is 5.32 Å². The molecule has 3 rings (SSSR count). The van der Waals surface area contributed by atoms with Gasteiger partial charge in [-0.1, -0.05) is 12.8 Å². The molecule has 0 spiro atoms. The summed E-state index contributed by atoms with van der Waals surface area (Å²) in [5, 5.41) is 3.16. The summed E-state index contributed by atoms with van der Waals surface area (Å²) in [6.45, 7) is 6.66. The van der Waals surface area contributed by atoms with E-state index in [4.69, 9.17) is 0 Å². The number of carbonyl (C=O) groups excluding carboxylic acids is 1. The van der Waals surface area contributed by atoms with E-state index in [9.17, 15) is 4.79 Å². The van der Waals surface area contributed by atoms with Crippen molar-refractivity contribution in [2.24, 2.45) is 5.92 Å². The fourth-order valence-corrected chi connectivity index (χ4v) is 3.76. The molecule has 3 heterocycles. The summed E-state index contributed by atoms with van der Waals surface area (Å²) >= 11 is 0. The Hall–Kier alpha value is -1.40. The van der Waals surface area contributed by atoms with Crippen LogP contribution in [0.1, 0.15) is 44.3 Å². The van der Waals surface area contributed by atoms with Gasteiger partial charge in [-0.05, 0) is 57.8 Å². The topological polar surface area (TPSA) is 64.3 Å². The highest BCUT2D eigenvalue weighted by Gasteiger charge is 2.21. The van der Waals surface area contributed by atoms with Gasteiger partial charge >= 0.3 is 0 Å². The van der Waals surface area contributed by atoms with Crippen LogP contribution in [0.15, 0.2) is 12.4 Å². The van der Waals surface area contributed by atoms with E-state index in [1.54, 1.807) is 0 Å². The number of nitrogens with one attached hydrogen (secondary N) is 2. The highest BCUT2D eigenvalue weighted by molar-refractivity contribution is 5.78. The van der Waals surface area contributed by atoms with Crippen LogP contribution in [0.3, 0.4) is 0 Å². The largest absolute Gasteiger partial charge is 0.355 e. The molecule has 2 saturated heterocycles. The van der Waals surface area contributed by atoms with Crippen molar-refractivity contribution in [1.29, 1.82) is 0 Å². The van der Waals surface area contributed by atoms with Crippen molar-refractivity contribution in [3.8, 4) is 0 Å². The van der Waals surface area contributed by atoms with Crippen molar-refractivity contribution in [1.82, 2.24) is 25.1 Å². The minimum Gasteiger partial charge on any atom is -0.355 e. The number of imidazole rings is 1. The maximum absolute atomic E-state index is 12.2. The van der Waals surface area contributed by atoms with Crippen LogP contribution in [0.2, 0.25) is 0 Å². The average Bonchev–Trinajstić information content (AvgIpc) is 2.97. The molecule has 0 bridgehead atoms. The van der Waals surface area contributed by atoms with Gasteiger partial charge in [0.1, 0.15) is 5.82 Å². The number of aromatic amines is 1. The summed E-state index contributed by atoms with van der Waals surface area (Å²) < 4.78 is 0. The van der Waals surface area contributed by atoms with Gasteiger partial charge in [0.2, 0.25) is 5.91 Å². The van der Waals surface area contributed by atoms with Gasteiger partial charge in [0, 0.05) is 18.9 Å². The quantitative estimate of drug-likeness (QED) is 0.830. The number of carbonyl (C=O) groups is 1. The van der Waals surface area contributed by atoms with Crippen LogP contribution in [0.4, 0.5) is 0 Å². The third kappa shape index (κ3) is 5.60. The van der Waals surface area contributed by atoms with Crippen LogP contribution >= 0.6 is 0 Å². The Labute approximate surface area is 145 Å². The van der Waals surface area contributed by atoms with Gasteiger partial charge in [-0.15, -0.1) is 0 Å². The fraction of sp³-hybridized carbons (Fsp3) is 0.778. The molecular weight excluding hydrogens is 302 g/mol. The highest BCUT2D eigenvalue weighted by atomic mass is 16.2. The van der Waals surface area contributed by atoms with Crippen molar-refractivity contribution >= 4 is 5.91 Å². The van der Waals surface area contributed by atoms with Crippen molar-refractivity contribution in [2.75, 3.05) is 39.3 Å². The first-order valence-electron chi connectivity index (χ1n) is 9.49. The minimum atomic E-state index is 0.204. The van der Waals surface area contributed by atoms with Gasteiger partial charge in [-0.3, -0.25) is 14.6 Å². The van der Waals surface area contributed by atoms with E-state index >= 15 is 0 Å². The smallest absolute Gasteiger partial charge is 0.234 e. The molecule has 2 fully saturated rings. The van der Waals surface area contributed by atoms with E-state index in [1.807, 2.05) is 12.4 Å². The summed E-state index contributed by atoms with van der Waals surface area (Å²) in [6.07, 6.45) is 11.1. The summed E-state index contributed by atoms with van der Waals surface area (Å²) in [4.78, 5) is 24.4. The first-order valence-corrected chi connectivity index (χ1v) is 9.49. The number of likely N-dealkylation sites (tertiary alicyclic amines) is 2. The second-order valence-electron chi connectivity index (χ2n) is 7.25. The van der Waals surface area contributed by atoms with Gasteiger partial charge in [0.15, 0.2) is 0 Å². The lowest BCUT2D eigenvalue weighted by atomic mass is 9.97. The lowest BCUT2D eigenvalue weighted by Crippen LogP contribution is -2.42. The first-order chi connectivity index (χ1) is 11.8. The molecule has 6 nitrogen and oxygen atoms in total. The Bertz CT molecular complexity index is 474. The van der Waals surface area contributed by atoms with E-state index in [2.05, 4.69) is 25.1 Å². The Morgan fingerprint density at radius 2 is 1.88 bits per heavy atom. The maximum Gasteiger partial charge on any atom is 0.234 e. The van der Waals surface area contributed by atoms with Crippen LogP contribution in [0, 0.1) is 5.92 Å². The number of piperidine rings is 1. The van der Waals surface area contributed by atoms with E-state index in [-0.39, 0.29) is 5.91 Å². The zero-order valence-corrected chi connectivity index (χ0v) is 14.7. The third-order valence-electron chi connectivity index (χ3n) is 5.29. The first kappa shape index (κ1) is 17.4. The molecule has 0 aliphatic carbocycles. The van der Waals surface area contributed by atoms with E-state index in [1.165, 1.54) is 25.7 Å². The van der Waals surface area contributed by atoms with E-state index in [0.717, 1.165) is 57.9 Å². The molecule has 1 amide bonds. The molecule has 134 valence electrons. The van der Waals surface area contributed by atoms with Gasteiger partial charge in [-0.2, -0.15) is 0 Å². The summed E-state index contributed by atoms with van der Waals surface area (Å²) in [5.74, 6) is 1.86. The fourth-order valence-electron chi connectivity index (χ4n) is 3.76. The zero-order chi connectivity index (χ0) is 16.6. The van der Waals surface area contributed by atoms with Crippen LogP contribution in [0.5, 0.6) is 0 Å². The maximum atomic E-state index is 12.2. The number of nitrogens with zero attached hydrogens (tertiary/aromatic N) is 3. The van der Waals surface area contributed by atoms with E-state index < -0.39 is 0 Å². The summed E-state index contributed by atoms with van der Waals surface area (Å²) in [6, 6.07) is 0. The van der Waals surface area contributed by atoms with Crippen molar-refractivity contribution in [2.45, 2.75) is 45.1 Å². The van der Waals surface area contributed by atoms with Gasteiger partial charge < -0.3 is 10.3 Å². The number of rotatable bonds is 6. The number of hydrogen-bond acceptors (Lipinski definition) is 4. The van der Waals surface area contributed by atoms with Crippen LogP contribution in [-0.2, 0) is 11.3 Å². The molecule has 2 N–H and O–H groups in total. The third-order valence-corrected chi connectivity index (χ3v) is 5.29. The summed E-state index contributed by atoms with van der Waals surface area (Å²) in [5.41, 5.74) is 0. The summed E-state index contributed by atoms with van der Waals surface area (Å²) in [7, 11) is 0. The average molecular weight is 333 g/mol. The van der Waals surface area contributed by atoms with Crippen molar-refractivity contribution in [3.63, 3.8) is 0 Å². The second kappa shape index (κ2) is 9.18. The lowest BCUT2D eigenvalue weighted by Gasteiger charge is -2.31. The van der Waals surface area contributed by atoms with Crippen molar-refractivity contribution in [3.05, 3.63) is 18.2 Å². The normalized spacial score (nSPS) is 21.5. The lowest BCUT2D eigenvalue weighted by molar-refractivity contribution is -0.122. The molecule has 0 unspecified atom stereocenters.